The zero-order chi connectivity index (χ0) is 17.7. The fraction of sp³-hybridized carbons (Fsp3) is 0.0556. The highest BCUT2D eigenvalue weighted by atomic mass is 32.2. The summed E-state index contributed by atoms with van der Waals surface area (Å²) >= 11 is 1.23. The Labute approximate surface area is 149 Å². The van der Waals surface area contributed by atoms with Gasteiger partial charge in [-0.05, 0) is 35.9 Å². The third kappa shape index (κ3) is 4.76. The van der Waals surface area contributed by atoms with E-state index in [4.69, 9.17) is 4.42 Å². The van der Waals surface area contributed by atoms with E-state index in [9.17, 15) is 13.2 Å². The van der Waals surface area contributed by atoms with Gasteiger partial charge in [0.2, 0.25) is 15.8 Å². The largest absolute Gasteiger partial charge is 0.461 e. The molecule has 2 heterocycles. The highest BCUT2D eigenvalue weighted by molar-refractivity contribution is 7.92. The number of benzene rings is 1. The van der Waals surface area contributed by atoms with Crippen LogP contribution in [0.5, 0.6) is 0 Å². The van der Waals surface area contributed by atoms with Gasteiger partial charge in [-0.1, -0.05) is 30.3 Å². The first-order valence-electron chi connectivity index (χ1n) is 7.43. The maximum atomic E-state index is 12.1. The van der Waals surface area contributed by atoms with E-state index < -0.39 is 10.0 Å². The van der Waals surface area contributed by atoms with Crippen molar-refractivity contribution in [2.75, 3.05) is 0 Å². The zero-order valence-electron chi connectivity index (χ0n) is 13.1. The van der Waals surface area contributed by atoms with Crippen LogP contribution in [0.3, 0.4) is 0 Å². The summed E-state index contributed by atoms with van der Waals surface area (Å²) in [6, 6.07) is 15.8. The van der Waals surface area contributed by atoms with Gasteiger partial charge in [-0.25, -0.2) is 13.1 Å². The van der Waals surface area contributed by atoms with Crippen LogP contribution in [0.4, 0.5) is 0 Å². The molecule has 0 amide bonds. The number of thiophene rings is 1. The van der Waals surface area contributed by atoms with Gasteiger partial charge in [0, 0.05) is 16.8 Å². The van der Waals surface area contributed by atoms with Gasteiger partial charge in [-0.3, -0.25) is 4.79 Å². The maximum absolute atomic E-state index is 12.1. The van der Waals surface area contributed by atoms with Gasteiger partial charge < -0.3 is 4.42 Å². The predicted octanol–water partition coefficient (Wildman–Crippen LogP) is 3.66. The fourth-order valence-corrected chi connectivity index (χ4v) is 3.85. The molecule has 25 heavy (non-hydrogen) atoms. The molecule has 0 atom stereocenters. The normalized spacial score (nSPS) is 11.8. The standard InChI is InChI=1S/C18H15NO4S2/c20-18(16-7-4-11-23-16)17-9-8-15(24-17)13-19-25(21,22)12-10-14-5-2-1-3-6-14/h1-12,19H,13H2/b12-10+. The van der Waals surface area contributed by atoms with E-state index in [1.807, 2.05) is 30.3 Å². The Morgan fingerprint density at radius 2 is 1.88 bits per heavy atom. The summed E-state index contributed by atoms with van der Waals surface area (Å²) in [5.41, 5.74) is 0.801. The second-order valence-corrected chi connectivity index (χ2v) is 7.97. The van der Waals surface area contributed by atoms with Crippen molar-refractivity contribution >= 4 is 33.2 Å². The van der Waals surface area contributed by atoms with Crippen molar-refractivity contribution in [2.45, 2.75) is 6.54 Å². The summed E-state index contributed by atoms with van der Waals surface area (Å²) < 4.78 is 31.6. The second kappa shape index (κ2) is 7.60. The van der Waals surface area contributed by atoms with Crippen LogP contribution in [0, 0.1) is 0 Å². The summed E-state index contributed by atoms with van der Waals surface area (Å²) in [4.78, 5) is 13.4. The molecule has 0 spiro atoms. The first-order valence-corrected chi connectivity index (χ1v) is 9.79. The number of hydrogen-bond donors (Lipinski definition) is 1. The summed E-state index contributed by atoms with van der Waals surface area (Å²) in [7, 11) is -3.56. The van der Waals surface area contributed by atoms with Gasteiger partial charge in [0.25, 0.3) is 0 Å². The van der Waals surface area contributed by atoms with E-state index in [0.717, 1.165) is 15.8 Å². The summed E-state index contributed by atoms with van der Waals surface area (Å²) in [5, 5.41) is 1.13. The maximum Gasteiger partial charge on any atom is 0.238 e. The predicted molar refractivity (Wildman–Crippen MR) is 97.7 cm³/mol. The van der Waals surface area contributed by atoms with Gasteiger partial charge in [-0.2, -0.15) is 0 Å². The molecule has 128 valence electrons. The van der Waals surface area contributed by atoms with Gasteiger partial charge >= 0.3 is 0 Å². The van der Waals surface area contributed by atoms with Crippen LogP contribution in [0.15, 0.2) is 70.7 Å². The van der Waals surface area contributed by atoms with Crippen molar-refractivity contribution in [3.05, 3.63) is 87.3 Å². The number of carbonyl (C=O) groups is 1. The average molecular weight is 373 g/mol. The van der Waals surface area contributed by atoms with E-state index in [-0.39, 0.29) is 18.1 Å². The molecule has 0 bridgehead atoms. The lowest BCUT2D eigenvalue weighted by atomic mass is 10.2. The van der Waals surface area contributed by atoms with Crippen molar-refractivity contribution in [3.63, 3.8) is 0 Å². The highest BCUT2D eigenvalue weighted by Gasteiger charge is 2.15. The lowest BCUT2D eigenvalue weighted by Gasteiger charge is -2.00. The minimum Gasteiger partial charge on any atom is -0.461 e. The molecule has 0 aliphatic rings. The molecule has 0 fully saturated rings. The van der Waals surface area contributed by atoms with Gasteiger partial charge in [0.05, 0.1) is 11.1 Å². The van der Waals surface area contributed by atoms with Crippen molar-refractivity contribution in [3.8, 4) is 0 Å². The molecular weight excluding hydrogens is 358 g/mol. The van der Waals surface area contributed by atoms with Gasteiger partial charge in [0.1, 0.15) is 0 Å². The molecule has 0 aliphatic carbocycles. The molecule has 0 saturated heterocycles. The van der Waals surface area contributed by atoms with Gasteiger partial charge in [-0.15, -0.1) is 11.3 Å². The monoisotopic (exact) mass is 373 g/mol. The van der Waals surface area contributed by atoms with Crippen molar-refractivity contribution in [1.29, 1.82) is 0 Å². The molecule has 3 rings (SSSR count). The molecule has 0 saturated carbocycles. The molecule has 5 nitrogen and oxygen atoms in total. The molecule has 1 N–H and O–H groups in total. The Morgan fingerprint density at radius 3 is 2.60 bits per heavy atom. The highest BCUT2D eigenvalue weighted by Crippen LogP contribution is 2.20. The Kier molecular flexibility index (Phi) is 5.28. The quantitative estimate of drug-likeness (QED) is 0.641. The van der Waals surface area contributed by atoms with Crippen molar-refractivity contribution in [1.82, 2.24) is 4.72 Å². The van der Waals surface area contributed by atoms with E-state index in [1.165, 1.54) is 23.7 Å². The molecule has 7 heteroatoms. The Bertz CT molecular complexity index is 971. The average Bonchev–Trinajstić information content (AvgIpc) is 3.31. The number of carbonyl (C=O) groups excluding carboxylic acids is 1. The Balaban J connectivity index is 1.62. The van der Waals surface area contributed by atoms with Crippen LogP contribution in [-0.2, 0) is 16.6 Å². The number of furan rings is 1. The zero-order valence-corrected chi connectivity index (χ0v) is 14.7. The number of sulfonamides is 1. The summed E-state index contributed by atoms with van der Waals surface area (Å²) in [5.74, 6) is 0.0489. The number of ketones is 1. The molecule has 0 radical (unpaired) electrons. The molecule has 0 aliphatic heterocycles. The summed E-state index contributed by atoms with van der Waals surface area (Å²) in [6.07, 6.45) is 2.97. The number of hydrogen-bond acceptors (Lipinski definition) is 5. The van der Waals surface area contributed by atoms with Crippen LogP contribution in [0.25, 0.3) is 6.08 Å². The van der Waals surface area contributed by atoms with E-state index >= 15 is 0 Å². The number of nitrogens with one attached hydrogen (secondary N) is 1. The molecule has 3 aromatic rings. The van der Waals surface area contributed by atoms with E-state index in [1.54, 1.807) is 24.3 Å². The summed E-state index contributed by atoms with van der Waals surface area (Å²) in [6.45, 7) is 0.123. The lowest BCUT2D eigenvalue weighted by molar-refractivity contribution is 0.101. The Morgan fingerprint density at radius 1 is 1.08 bits per heavy atom. The van der Waals surface area contributed by atoms with E-state index in [0.29, 0.717) is 4.88 Å². The van der Waals surface area contributed by atoms with Crippen LogP contribution < -0.4 is 4.72 Å². The lowest BCUT2D eigenvalue weighted by Crippen LogP contribution is -2.19. The third-order valence-corrected chi connectivity index (χ3v) is 5.44. The SMILES string of the molecule is O=C(c1ccco1)c1ccc(CNS(=O)(=O)/C=C/c2ccccc2)s1. The Hall–Kier alpha value is -2.48. The topological polar surface area (TPSA) is 76.4 Å². The fourth-order valence-electron chi connectivity index (χ4n) is 2.08. The molecule has 1 aromatic carbocycles. The van der Waals surface area contributed by atoms with E-state index in [2.05, 4.69) is 4.72 Å². The third-order valence-electron chi connectivity index (χ3n) is 3.32. The minimum atomic E-state index is -3.56. The smallest absolute Gasteiger partial charge is 0.238 e. The van der Waals surface area contributed by atoms with Crippen LogP contribution in [0.1, 0.15) is 25.9 Å². The first kappa shape index (κ1) is 17.3. The van der Waals surface area contributed by atoms with Crippen molar-refractivity contribution in [2.24, 2.45) is 0 Å². The molecule has 0 unspecified atom stereocenters. The van der Waals surface area contributed by atoms with Gasteiger partial charge in [0.15, 0.2) is 5.76 Å². The van der Waals surface area contributed by atoms with Crippen molar-refractivity contribution < 1.29 is 17.6 Å². The van der Waals surface area contributed by atoms with Crippen LogP contribution >= 0.6 is 11.3 Å². The van der Waals surface area contributed by atoms with Crippen LogP contribution in [-0.4, -0.2) is 14.2 Å². The first-order chi connectivity index (χ1) is 12.0. The number of rotatable bonds is 7. The second-order valence-electron chi connectivity index (χ2n) is 5.15. The molecule has 2 aromatic heterocycles. The minimum absolute atomic E-state index is 0.123. The molecular formula is C18H15NO4S2. The van der Waals surface area contributed by atoms with Crippen LogP contribution in [0.2, 0.25) is 0 Å².